The van der Waals surface area contributed by atoms with Gasteiger partial charge in [0.15, 0.2) is 5.96 Å². The van der Waals surface area contributed by atoms with E-state index in [0.29, 0.717) is 19.8 Å². The van der Waals surface area contributed by atoms with Crippen molar-refractivity contribution in [2.45, 2.75) is 33.1 Å². The highest BCUT2D eigenvalue weighted by Crippen LogP contribution is 2.10. The monoisotopic (exact) mass is 470 g/mol. The lowest BCUT2D eigenvalue weighted by molar-refractivity contribution is 0.0487. The Kier molecular flexibility index (Phi) is 15.7. The van der Waals surface area contributed by atoms with E-state index in [0.717, 1.165) is 43.5 Å². The molecule has 0 unspecified atom stereocenters. The predicted molar refractivity (Wildman–Crippen MR) is 112 cm³/mol. The SMILES string of the molecule is CCCCOCCOCCNC(=NC)NCCc1ncc(C)s1.I. The lowest BCUT2D eigenvalue weighted by atomic mass is 10.4. The third kappa shape index (κ3) is 12.0. The maximum Gasteiger partial charge on any atom is 0.191 e. The van der Waals surface area contributed by atoms with Gasteiger partial charge in [0.1, 0.15) is 0 Å². The largest absolute Gasteiger partial charge is 0.379 e. The lowest BCUT2D eigenvalue weighted by Crippen LogP contribution is -2.39. The molecule has 0 fully saturated rings. The van der Waals surface area contributed by atoms with Crippen LogP contribution in [0.4, 0.5) is 0 Å². The Morgan fingerprint density at radius 3 is 2.50 bits per heavy atom. The molecule has 0 saturated heterocycles. The molecule has 24 heavy (non-hydrogen) atoms. The van der Waals surface area contributed by atoms with Crippen LogP contribution >= 0.6 is 35.3 Å². The number of guanidine groups is 1. The minimum atomic E-state index is 0. The van der Waals surface area contributed by atoms with Crippen molar-refractivity contribution in [3.8, 4) is 0 Å². The summed E-state index contributed by atoms with van der Waals surface area (Å²) in [6, 6.07) is 0. The van der Waals surface area contributed by atoms with Crippen LogP contribution in [0.2, 0.25) is 0 Å². The van der Waals surface area contributed by atoms with E-state index >= 15 is 0 Å². The number of aliphatic imine (C=N–C) groups is 1. The molecular formula is C16H31IN4O2S. The average Bonchev–Trinajstić information content (AvgIpc) is 2.97. The molecule has 0 amide bonds. The van der Waals surface area contributed by atoms with Crippen molar-refractivity contribution in [3.05, 3.63) is 16.1 Å². The molecule has 1 aromatic heterocycles. The Morgan fingerprint density at radius 2 is 1.88 bits per heavy atom. The van der Waals surface area contributed by atoms with E-state index in [-0.39, 0.29) is 24.0 Å². The number of halogens is 1. The molecule has 0 aliphatic rings. The van der Waals surface area contributed by atoms with Gasteiger partial charge in [-0.05, 0) is 13.3 Å². The second-order valence-corrected chi connectivity index (χ2v) is 6.44. The quantitative estimate of drug-likeness (QED) is 0.213. The molecule has 0 spiro atoms. The van der Waals surface area contributed by atoms with Crippen LogP contribution < -0.4 is 10.6 Å². The molecular weight excluding hydrogens is 439 g/mol. The van der Waals surface area contributed by atoms with Crippen molar-refractivity contribution in [1.29, 1.82) is 0 Å². The zero-order valence-electron chi connectivity index (χ0n) is 15.0. The highest BCUT2D eigenvalue weighted by molar-refractivity contribution is 14.0. The van der Waals surface area contributed by atoms with Crippen molar-refractivity contribution in [1.82, 2.24) is 15.6 Å². The summed E-state index contributed by atoms with van der Waals surface area (Å²) in [5.41, 5.74) is 0. The minimum Gasteiger partial charge on any atom is -0.379 e. The van der Waals surface area contributed by atoms with E-state index in [4.69, 9.17) is 9.47 Å². The van der Waals surface area contributed by atoms with Crippen molar-refractivity contribution >= 4 is 41.3 Å². The summed E-state index contributed by atoms with van der Waals surface area (Å²) in [5, 5.41) is 7.66. The smallest absolute Gasteiger partial charge is 0.191 e. The fourth-order valence-corrected chi connectivity index (χ4v) is 2.62. The molecule has 0 aliphatic carbocycles. The Bertz CT molecular complexity index is 443. The zero-order chi connectivity index (χ0) is 16.8. The van der Waals surface area contributed by atoms with Gasteiger partial charge in [0.25, 0.3) is 0 Å². The third-order valence-electron chi connectivity index (χ3n) is 3.08. The van der Waals surface area contributed by atoms with Crippen LogP contribution in [0, 0.1) is 6.92 Å². The number of nitrogens with one attached hydrogen (secondary N) is 2. The van der Waals surface area contributed by atoms with Crippen LogP contribution in [0.15, 0.2) is 11.2 Å². The molecule has 0 atom stereocenters. The highest BCUT2D eigenvalue weighted by Gasteiger charge is 2.00. The fraction of sp³-hybridized carbons (Fsp3) is 0.750. The molecule has 0 aromatic carbocycles. The summed E-state index contributed by atoms with van der Waals surface area (Å²) >= 11 is 1.74. The Balaban J connectivity index is 0.00000529. The van der Waals surface area contributed by atoms with Gasteiger partial charge in [0.2, 0.25) is 0 Å². The first-order valence-corrected chi connectivity index (χ1v) is 9.09. The van der Waals surface area contributed by atoms with E-state index in [2.05, 4.69) is 34.5 Å². The topological polar surface area (TPSA) is 67.8 Å². The molecule has 2 N–H and O–H groups in total. The van der Waals surface area contributed by atoms with E-state index in [1.165, 1.54) is 11.3 Å². The van der Waals surface area contributed by atoms with Crippen LogP contribution in [0.25, 0.3) is 0 Å². The normalized spacial score (nSPS) is 11.2. The van der Waals surface area contributed by atoms with Gasteiger partial charge in [-0.15, -0.1) is 35.3 Å². The lowest BCUT2D eigenvalue weighted by Gasteiger charge is -2.11. The molecule has 0 aliphatic heterocycles. The van der Waals surface area contributed by atoms with Gasteiger partial charge in [-0.25, -0.2) is 4.98 Å². The van der Waals surface area contributed by atoms with Crippen LogP contribution in [-0.4, -0.2) is 57.5 Å². The summed E-state index contributed by atoms with van der Waals surface area (Å²) in [7, 11) is 1.77. The van der Waals surface area contributed by atoms with Crippen LogP contribution in [0.5, 0.6) is 0 Å². The first kappa shape index (κ1) is 23.5. The van der Waals surface area contributed by atoms with E-state index in [9.17, 15) is 0 Å². The van der Waals surface area contributed by atoms with Crippen molar-refractivity contribution in [3.63, 3.8) is 0 Å². The van der Waals surface area contributed by atoms with Crippen LogP contribution in [0.3, 0.4) is 0 Å². The third-order valence-corrected chi connectivity index (χ3v) is 4.05. The number of hydrogen-bond donors (Lipinski definition) is 2. The van der Waals surface area contributed by atoms with Gasteiger partial charge in [0, 0.05) is 44.2 Å². The number of hydrogen-bond acceptors (Lipinski definition) is 5. The van der Waals surface area contributed by atoms with Crippen molar-refractivity contribution in [2.75, 3.05) is 46.6 Å². The second kappa shape index (κ2) is 16.0. The standard InChI is InChI=1S/C16H30N4O2S.HI/c1-4-5-9-21-11-12-22-10-8-19-16(17-3)18-7-6-15-20-13-14(2)23-15;/h13H,4-12H2,1-3H3,(H2,17,18,19);1H. The maximum absolute atomic E-state index is 5.51. The minimum absolute atomic E-state index is 0. The van der Waals surface area contributed by atoms with Gasteiger partial charge in [-0.2, -0.15) is 0 Å². The summed E-state index contributed by atoms with van der Waals surface area (Å²) in [5.74, 6) is 0.793. The van der Waals surface area contributed by atoms with E-state index in [1.54, 1.807) is 18.4 Å². The molecule has 1 rings (SSSR count). The molecule has 140 valence electrons. The maximum atomic E-state index is 5.51. The number of aryl methyl sites for hydroxylation is 1. The summed E-state index contributed by atoms with van der Waals surface area (Å²) in [4.78, 5) is 9.79. The fourth-order valence-electron chi connectivity index (χ4n) is 1.84. The number of thiazole rings is 1. The Morgan fingerprint density at radius 1 is 1.17 bits per heavy atom. The van der Waals surface area contributed by atoms with Gasteiger partial charge in [0.05, 0.1) is 24.8 Å². The summed E-state index contributed by atoms with van der Waals surface area (Å²) in [6.07, 6.45) is 5.10. The highest BCUT2D eigenvalue weighted by atomic mass is 127. The second-order valence-electron chi connectivity index (χ2n) is 5.12. The average molecular weight is 470 g/mol. The molecule has 1 aromatic rings. The van der Waals surface area contributed by atoms with Crippen molar-refractivity contribution < 1.29 is 9.47 Å². The van der Waals surface area contributed by atoms with Gasteiger partial charge < -0.3 is 20.1 Å². The molecule has 6 nitrogen and oxygen atoms in total. The van der Waals surface area contributed by atoms with Gasteiger partial charge in [-0.1, -0.05) is 13.3 Å². The molecule has 0 radical (unpaired) electrons. The van der Waals surface area contributed by atoms with Crippen LogP contribution in [0.1, 0.15) is 29.7 Å². The number of unbranched alkanes of at least 4 members (excludes halogenated alkanes) is 1. The van der Waals surface area contributed by atoms with E-state index in [1.807, 2.05) is 6.20 Å². The molecule has 0 bridgehead atoms. The number of nitrogens with zero attached hydrogens (tertiary/aromatic N) is 2. The van der Waals surface area contributed by atoms with Crippen molar-refractivity contribution in [2.24, 2.45) is 4.99 Å². The molecule has 0 saturated carbocycles. The van der Waals surface area contributed by atoms with Crippen LogP contribution in [-0.2, 0) is 15.9 Å². The Hall–Kier alpha value is -0.450. The number of ether oxygens (including phenoxy) is 2. The molecule has 8 heteroatoms. The Labute approximate surface area is 166 Å². The predicted octanol–water partition coefficient (Wildman–Crippen LogP) is 2.61. The van der Waals surface area contributed by atoms with E-state index < -0.39 is 0 Å². The first-order chi connectivity index (χ1) is 11.3. The number of rotatable bonds is 12. The number of aromatic nitrogens is 1. The first-order valence-electron chi connectivity index (χ1n) is 8.27. The summed E-state index contributed by atoms with van der Waals surface area (Å²) in [6.45, 7) is 8.55. The van der Waals surface area contributed by atoms with Gasteiger partial charge >= 0.3 is 0 Å². The van der Waals surface area contributed by atoms with Gasteiger partial charge in [-0.3, -0.25) is 4.99 Å². The zero-order valence-corrected chi connectivity index (χ0v) is 18.1. The summed E-state index contributed by atoms with van der Waals surface area (Å²) < 4.78 is 10.9. The molecule has 1 heterocycles.